The second-order valence-corrected chi connectivity index (χ2v) is 7.50. The lowest BCUT2D eigenvalue weighted by Gasteiger charge is -2.18. The summed E-state index contributed by atoms with van der Waals surface area (Å²) in [7, 11) is 1.96. The SMILES string of the molecule is CCOCCCNC(=O)CCN(C)c1ncnc2sc(-c3ccccc3)cc12. The van der Waals surface area contributed by atoms with E-state index in [-0.39, 0.29) is 5.91 Å². The summed E-state index contributed by atoms with van der Waals surface area (Å²) >= 11 is 1.65. The fourth-order valence-corrected chi connectivity index (χ4v) is 3.90. The van der Waals surface area contributed by atoms with E-state index in [9.17, 15) is 4.79 Å². The molecule has 0 saturated carbocycles. The van der Waals surface area contributed by atoms with Crippen LogP contribution in [-0.4, -0.2) is 49.2 Å². The van der Waals surface area contributed by atoms with Gasteiger partial charge in [0.15, 0.2) is 0 Å². The third-order valence-electron chi connectivity index (χ3n) is 4.39. The number of benzene rings is 1. The standard InChI is InChI=1S/C21H26N4O2S/c1-3-27-13-7-11-22-19(26)10-12-25(2)20-17-14-18(16-8-5-4-6-9-16)28-21(17)24-15-23-20/h4-6,8-9,14-15H,3,7,10-13H2,1-2H3,(H,22,26). The minimum atomic E-state index is 0.0453. The molecule has 0 spiro atoms. The second-order valence-electron chi connectivity index (χ2n) is 6.46. The number of hydrogen-bond acceptors (Lipinski definition) is 6. The number of hydrogen-bond donors (Lipinski definition) is 1. The smallest absolute Gasteiger partial charge is 0.221 e. The van der Waals surface area contributed by atoms with Gasteiger partial charge in [-0.25, -0.2) is 9.97 Å². The third-order valence-corrected chi connectivity index (χ3v) is 5.49. The molecule has 1 amide bonds. The van der Waals surface area contributed by atoms with Gasteiger partial charge in [-0.3, -0.25) is 4.79 Å². The zero-order valence-electron chi connectivity index (χ0n) is 16.4. The van der Waals surface area contributed by atoms with Crippen molar-refractivity contribution < 1.29 is 9.53 Å². The maximum atomic E-state index is 12.1. The molecule has 1 N–H and O–H groups in total. The number of anilines is 1. The fraction of sp³-hybridized carbons (Fsp3) is 0.381. The summed E-state index contributed by atoms with van der Waals surface area (Å²) in [6.45, 7) is 4.60. The van der Waals surface area contributed by atoms with Crippen molar-refractivity contribution in [3.8, 4) is 10.4 Å². The van der Waals surface area contributed by atoms with Gasteiger partial charge in [0.05, 0.1) is 5.39 Å². The number of thiophene rings is 1. The van der Waals surface area contributed by atoms with E-state index in [1.54, 1.807) is 17.7 Å². The lowest BCUT2D eigenvalue weighted by atomic mass is 10.2. The van der Waals surface area contributed by atoms with Gasteiger partial charge in [-0.2, -0.15) is 0 Å². The van der Waals surface area contributed by atoms with Gasteiger partial charge in [0, 0.05) is 44.6 Å². The van der Waals surface area contributed by atoms with Crippen molar-refractivity contribution in [3.63, 3.8) is 0 Å². The summed E-state index contributed by atoms with van der Waals surface area (Å²) in [5, 5.41) is 3.95. The molecule has 0 atom stereocenters. The number of amides is 1. The molecule has 7 heteroatoms. The van der Waals surface area contributed by atoms with E-state index < -0.39 is 0 Å². The number of rotatable bonds is 10. The Morgan fingerprint density at radius 3 is 2.86 bits per heavy atom. The molecule has 2 aromatic heterocycles. The molecular weight excluding hydrogens is 372 g/mol. The lowest BCUT2D eigenvalue weighted by Crippen LogP contribution is -2.30. The van der Waals surface area contributed by atoms with E-state index in [4.69, 9.17) is 4.74 Å². The molecule has 6 nitrogen and oxygen atoms in total. The molecule has 0 aliphatic carbocycles. The fourth-order valence-electron chi connectivity index (χ4n) is 2.90. The van der Waals surface area contributed by atoms with Gasteiger partial charge in [-0.15, -0.1) is 11.3 Å². The highest BCUT2D eigenvalue weighted by molar-refractivity contribution is 7.21. The van der Waals surface area contributed by atoms with Crippen molar-refractivity contribution in [1.29, 1.82) is 0 Å². The van der Waals surface area contributed by atoms with E-state index >= 15 is 0 Å². The predicted molar refractivity (Wildman–Crippen MR) is 115 cm³/mol. The highest BCUT2D eigenvalue weighted by Crippen LogP contribution is 2.35. The van der Waals surface area contributed by atoms with Crippen LogP contribution in [0.2, 0.25) is 0 Å². The maximum absolute atomic E-state index is 12.1. The first-order chi connectivity index (χ1) is 13.7. The molecule has 3 rings (SSSR count). The quantitative estimate of drug-likeness (QED) is 0.527. The van der Waals surface area contributed by atoms with E-state index in [1.807, 2.05) is 37.1 Å². The van der Waals surface area contributed by atoms with Crippen LogP contribution >= 0.6 is 11.3 Å². The van der Waals surface area contributed by atoms with Crippen LogP contribution in [-0.2, 0) is 9.53 Å². The molecule has 0 aliphatic heterocycles. The van der Waals surface area contributed by atoms with Gasteiger partial charge in [0.1, 0.15) is 17.0 Å². The Balaban J connectivity index is 1.61. The van der Waals surface area contributed by atoms with Gasteiger partial charge in [-0.1, -0.05) is 30.3 Å². The molecular formula is C21H26N4O2S. The highest BCUT2D eigenvalue weighted by atomic mass is 32.1. The summed E-state index contributed by atoms with van der Waals surface area (Å²) in [6.07, 6.45) is 2.85. The minimum Gasteiger partial charge on any atom is -0.382 e. The van der Waals surface area contributed by atoms with Crippen molar-refractivity contribution in [2.45, 2.75) is 19.8 Å². The zero-order chi connectivity index (χ0) is 19.8. The molecule has 0 unspecified atom stereocenters. The second kappa shape index (κ2) is 10.1. The van der Waals surface area contributed by atoms with Gasteiger partial charge < -0.3 is 15.0 Å². The first kappa shape index (κ1) is 20.2. The number of carbonyl (C=O) groups is 1. The zero-order valence-corrected chi connectivity index (χ0v) is 17.2. The first-order valence-corrected chi connectivity index (χ1v) is 10.4. The molecule has 0 bridgehead atoms. The van der Waals surface area contributed by atoms with Crippen molar-refractivity contribution in [3.05, 3.63) is 42.7 Å². The topological polar surface area (TPSA) is 67.3 Å². The molecule has 28 heavy (non-hydrogen) atoms. The van der Waals surface area contributed by atoms with Crippen molar-refractivity contribution in [2.75, 3.05) is 38.3 Å². The third kappa shape index (κ3) is 5.27. The van der Waals surface area contributed by atoms with E-state index in [1.165, 1.54) is 5.56 Å². The number of nitrogens with one attached hydrogen (secondary N) is 1. The maximum Gasteiger partial charge on any atom is 0.221 e. The number of ether oxygens (including phenoxy) is 1. The van der Waals surface area contributed by atoms with Crippen LogP contribution in [0, 0.1) is 0 Å². The Morgan fingerprint density at radius 1 is 1.25 bits per heavy atom. The molecule has 0 saturated heterocycles. The minimum absolute atomic E-state index is 0.0453. The molecule has 0 fully saturated rings. The number of fused-ring (bicyclic) bond motifs is 1. The summed E-state index contributed by atoms with van der Waals surface area (Å²) in [5.41, 5.74) is 1.17. The van der Waals surface area contributed by atoms with Gasteiger partial charge in [0.2, 0.25) is 5.91 Å². The van der Waals surface area contributed by atoms with Crippen LogP contribution in [0.5, 0.6) is 0 Å². The van der Waals surface area contributed by atoms with Crippen LogP contribution in [0.3, 0.4) is 0 Å². The summed E-state index contributed by atoms with van der Waals surface area (Å²) in [5.74, 6) is 0.900. The van der Waals surface area contributed by atoms with Gasteiger partial charge >= 0.3 is 0 Å². The Hall–Kier alpha value is -2.51. The Kier molecular flexibility index (Phi) is 7.33. The van der Waals surface area contributed by atoms with Crippen LogP contribution in [0.1, 0.15) is 19.8 Å². The largest absolute Gasteiger partial charge is 0.382 e. The summed E-state index contributed by atoms with van der Waals surface area (Å²) < 4.78 is 5.27. The molecule has 3 aromatic rings. The number of nitrogens with zero attached hydrogens (tertiary/aromatic N) is 3. The molecule has 1 aromatic carbocycles. The van der Waals surface area contributed by atoms with E-state index in [0.717, 1.165) is 27.3 Å². The molecule has 148 valence electrons. The van der Waals surface area contributed by atoms with Crippen molar-refractivity contribution in [1.82, 2.24) is 15.3 Å². The first-order valence-electron chi connectivity index (χ1n) is 9.54. The van der Waals surface area contributed by atoms with E-state index in [2.05, 4.69) is 33.5 Å². The monoisotopic (exact) mass is 398 g/mol. The molecule has 0 radical (unpaired) electrons. The average molecular weight is 399 g/mol. The molecule has 2 heterocycles. The van der Waals surface area contributed by atoms with Crippen LogP contribution in [0.4, 0.5) is 5.82 Å². The van der Waals surface area contributed by atoms with Crippen LogP contribution < -0.4 is 10.2 Å². The average Bonchev–Trinajstić information content (AvgIpc) is 3.17. The summed E-state index contributed by atoms with van der Waals surface area (Å²) in [4.78, 5) is 25.1. The number of aromatic nitrogens is 2. The van der Waals surface area contributed by atoms with Crippen molar-refractivity contribution in [2.24, 2.45) is 0 Å². The van der Waals surface area contributed by atoms with Gasteiger partial charge in [0.25, 0.3) is 0 Å². The Morgan fingerprint density at radius 2 is 2.07 bits per heavy atom. The Labute approximate surface area is 169 Å². The number of carbonyl (C=O) groups excluding carboxylic acids is 1. The predicted octanol–water partition coefficient (Wildman–Crippen LogP) is 3.73. The van der Waals surface area contributed by atoms with Crippen LogP contribution in [0.15, 0.2) is 42.7 Å². The van der Waals surface area contributed by atoms with Crippen molar-refractivity contribution >= 4 is 33.3 Å². The normalized spacial score (nSPS) is 10.9. The van der Waals surface area contributed by atoms with E-state index in [0.29, 0.717) is 32.7 Å². The van der Waals surface area contributed by atoms with Crippen LogP contribution in [0.25, 0.3) is 20.7 Å². The Bertz CT molecular complexity index is 898. The summed E-state index contributed by atoms with van der Waals surface area (Å²) in [6, 6.07) is 12.4. The lowest BCUT2D eigenvalue weighted by molar-refractivity contribution is -0.120. The molecule has 0 aliphatic rings. The highest BCUT2D eigenvalue weighted by Gasteiger charge is 2.14. The van der Waals surface area contributed by atoms with Gasteiger partial charge in [-0.05, 0) is 25.0 Å².